The van der Waals surface area contributed by atoms with Crippen molar-refractivity contribution in [3.8, 4) is 11.4 Å². The van der Waals surface area contributed by atoms with E-state index in [9.17, 15) is 4.79 Å². The summed E-state index contributed by atoms with van der Waals surface area (Å²) in [6.45, 7) is 4.40. The molecule has 1 aliphatic heterocycles. The molecule has 0 atom stereocenters. The van der Waals surface area contributed by atoms with E-state index in [0.29, 0.717) is 0 Å². The fraction of sp³-hybridized carbons (Fsp3) is 0.214. The van der Waals surface area contributed by atoms with Gasteiger partial charge in [-0.2, -0.15) is 0 Å². The molecule has 1 N–H and O–H groups in total. The van der Waals surface area contributed by atoms with Gasteiger partial charge in [0.15, 0.2) is 5.82 Å². The molecule has 19 heavy (non-hydrogen) atoms. The first-order chi connectivity index (χ1) is 9.28. The summed E-state index contributed by atoms with van der Waals surface area (Å²) < 4.78 is 2.15. The van der Waals surface area contributed by atoms with Crippen LogP contribution in [0.5, 0.6) is 0 Å². The van der Waals surface area contributed by atoms with Crippen molar-refractivity contribution < 1.29 is 4.79 Å². The van der Waals surface area contributed by atoms with Gasteiger partial charge < -0.3 is 9.88 Å². The molecule has 0 radical (unpaired) electrons. The summed E-state index contributed by atoms with van der Waals surface area (Å²) in [5.74, 6) is 1.74. The minimum atomic E-state index is -0.212. The van der Waals surface area contributed by atoms with Gasteiger partial charge in [-0.05, 0) is 36.8 Å². The van der Waals surface area contributed by atoms with Gasteiger partial charge in [0.25, 0.3) is 0 Å². The van der Waals surface area contributed by atoms with Crippen molar-refractivity contribution in [1.82, 2.24) is 14.8 Å². The van der Waals surface area contributed by atoms with Gasteiger partial charge in [0.1, 0.15) is 5.82 Å². The lowest BCUT2D eigenvalue weighted by molar-refractivity contribution is -0.111. The third-order valence-corrected chi connectivity index (χ3v) is 3.21. The first-order valence-corrected chi connectivity index (χ1v) is 6.24. The summed E-state index contributed by atoms with van der Waals surface area (Å²) in [6, 6.07) is 7.59. The molecule has 1 amide bonds. The predicted octanol–water partition coefficient (Wildman–Crippen LogP) is 2.02. The van der Waals surface area contributed by atoms with E-state index in [1.807, 2.05) is 24.3 Å². The zero-order valence-electron chi connectivity index (χ0n) is 10.5. The number of fused-ring (bicyclic) bond motifs is 1. The molecule has 0 fully saturated rings. The summed E-state index contributed by atoms with van der Waals surface area (Å²) in [5.41, 5.74) is 1.76. The molecule has 0 bridgehead atoms. The van der Waals surface area contributed by atoms with Crippen molar-refractivity contribution in [2.24, 2.45) is 0 Å². The van der Waals surface area contributed by atoms with E-state index in [0.717, 1.165) is 42.3 Å². The first kappa shape index (κ1) is 11.6. The molecule has 2 aromatic rings. The lowest BCUT2D eigenvalue weighted by atomic mass is 10.2. The van der Waals surface area contributed by atoms with E-state index in [2.05, 4.69) is 26.7 Å². The number of anilines is 1. The maximum Gasteiger partial charge on any atom is 0.247 e. The maximum atomic E-state index is 11.2. The Morgan fingerprint density at radius 3 is 2.84 bits per heavy atom. The molecule has 96 valence electrons. The third kappa shape index (κ3) is 2.14. The average molecular weight is 254 g/mol. The van der Waals surface area contributed by atoms with E-state index in [4.69, 9.17) is 0 Å². The molecule has 1 aromatic carbocycles. The SMILES string of the molecule is C=CC(=O)Nc1ccc(-c2nnc3n2CCC3)cc1. The molecule has 0 aliphatic carbocycles. The van der Waals surface area contributed by atoms with E-state index in [1.54, 1.807) is 0 Å². The van der Waals surface area contributed by atoms with E-state index >= 15 is 0 Å². The second kappa shape index (κ2) is 4.68. The van der Waals surface area contributed by atoms with Crippen molar-refractivity contribution in [2.75, 3.05) is 5.32 Å². The van der Waals surface area contributed by atoms with Crippen LogP contribution in [-0.2, 0) is 17.8 Å². The molecule has 5 heteroatoms. The highest BCUT2D eigenvalue weighted by molar-refractivity contribution is 5.98. The first-order valence-electron chi connectivity index (χ1n) is 6.24. The Balaban J connectivity index is 1.86. The molecular formula is C14H14N4O. The Kier molecular flexibility index (Phi) is 2.87. The number of aromatic nitrogens is 3. The van der Waals surface area contributed by atoms with Gasteiger partial charge in [-0.3, -0.25) is 4.79 Å². The second-order valence-corrected chi connectivity index (χ2v) is 4.47. The predicted molar refractivity (Wildman–Crippen MR) is 72.6 cm³/mol. The lowest BCUT2D eigenvalue weighted by Crippen LogP contribution is -2.06. The summed E-state index contributed by atoms with van der Waals surface area (Å²) in [6.07, 6.45) is 3.38. The summed E-state index contributed by atoms with van der Waals surface area (Å²) >= 11 is 0. The monoisotopic (exact) mass is 254 g/mol. The lowest BCUT2D eigenvalue weighted by Gasteiger charge is -2.05. The van der Waals surface area contributed by atoms with Crippen LogP contribution in [-0.4, -0.2) is 20.7 Å². The number of nitrogens with zero attached hydrogens (tertiary/aromatic N) is 3. The summed E-state index contributed by atoms with van der Waals surface area (Å²) in [7, 11) is 0. The van der Waals surface area contributed by atoms with E-state index in [-0.39, 0.29) is 5.91 Å². The van der Waals surface area contributed by atoms with Crippen LogP contribution >= 0.6 is 0 Å². The van der Waals surface area contributed by atoms with E-state index < -0.39 is 0 Å². The van der Waals surface area contributed by atoms with Crippen LogP contribution in [0.15, 0.2) is 36.9 Å². The summed E-state index contributed by atoms with van der Waals surface area (Å²) in [4.78, 5) is 11.2. The van der Waals surface area contributed by atoms with Gasteiger partial charge in [0.2, 0.25) is 5.91 Å². The molecule has 1 aromatic heterocycles. The Labute approximate surface area is 111 Å². The van der Waals surface area contributed by atoms with Crippen molar-refractivity contribution in [2.45, 2.75) is 19.4 Å². The molecule has 5 nitrogen and oxygen atoms in total. The highest BCUT2D eigenvalue weighted by Gasteiger charge is 2.18. The zero-order valence-corrected chi connectivity index (χ0v) is 10.5. The van der Waals surface area contributed by atoms with Gasteiger partial charge in [-0.15, -0.1) is 10.2 Å². The Hall–Kier alpha value is -2.43. The fourth-order valence-corrected chi connectivity index (χ4v) is 2.26. The van der Waals surface area contributed by atoms with Gasteiger partial charge in [-0.1, -0.05) is 6.58 Å². The smallest absolute Gasteiger partial charge is 0.247 e. The molecule has 3 rings (SSSR count). The number of hydrogen-bond donors (Lipinski definition) is 1. The van der Waals surface area contributed by atoms with Crippen molar-refractivity contribution in [3.05, 3.63) is 42.7 Å². The molecular weight excluding hydrogens is 240 g/mol. The van der Waals surface area contributed by atoms with Crippen molar-refractivity contribution in [3.63, 3.8) is 0 Å². The number of hydrogen-bond acceptors (Lipinski definition) is 3. The van der Waals surface area contributed by atoms with Gasteiger partial charge in [0.05, 0.1) is 0 Å². The van der Waals surface area contributed by atoms with Crippen LogP contribution in [0, 0.1) is 0 Å². The number of rotatable bonds is 3. The number of carbonyl (C=O) groups is 1. The normalized spacial score (nSPS) is 13.1. The highest BCUT2D eigenvalue weighted by atomic mass is 16.1. The van der Waals surface area contributed by atoms with Crippen molar-refractivity contribution in [1.29, 1.82) is 0 Å². The van der Waals surface area contributed by atoms with E-state index in [1.165, 1.54) is 6.08 Å². The minimum Gasteiger partial charge on any atom is -0.323 e. The molecule has 0 saturated carbocycles. The van der Waals surface area contributed by atoms with Crippen molar-refractivity contribution >= 4 is 11.6 Å². The second-order valence-electron chi connectivity index (χ2n) is 4.47. The average Bonchev–Trinajstić information content (AvgIpc) is 3.02. The van der Waals surface area contributed by atoms with Gasteiger partial charge >= 0.3 is 0 Å². The fourth-order valence-electron chi connectivity index (χ4n) is 2.26. The van der Waals surface area contributed by atoms with Crippen LogP contribution in [0.25, 0.3) is 11.4 Å². The molecule has 0 saturated heterocycles. The highest BCUT2D eigenvalue weighted by Crippen LogP contribution is 2.24. The number of carbonyl (C=O) groups excluding carboxylic acids is 1. The van der Waals surface area contributed by atoms with Crippen LogP contribution < -0.4 is 5.32 Å². The summed E-state index contributed by atoms with van der Waals surface area (Å²) in [5, 5.41) is 11.1. The molecule has 2 heterocycles. The maximum absolute atomic E-state index is 11.2. The number of aryl methyl sites for hydroxylation is 1. The van der Waals surface area contributed by atoms with Crippen LogP contribution in [0.3, 0.4) is 0 Å². The topological polar surface area (TPSA) is 59.8 Å². The Bertz CT molecular complexity index is 627. The molecule has 0 spiro atoms. The standard InChI is InChI=1S/C14H14N4O/c1-2-13(19)15-11-7-5-10(6-8-11)14-17-16-12-4-3-9-18(12)14/h2,5-8H,1,3-4,9H2,(H,15,19). The number of nitrogens with one attached hydrogen (secondary N) is 1. The van der Waals surface area contributed by atoms with Gasteiger partial charge in [0, 0.05) is 24.2 Å². The van der Waals surface area contributed by atoms with Crippen LogP contribution in [0.2, 0.25) is 0 Å². The minimum absolute atomic E-state index is 0.212. The van der Waals surface area contributed by atoms with Crippen LogP contribution in [0.4, 0.5) is 5.69 Å². The third-order valence-electron chi connectivity index (χ3n) is 3.21. The Morgan fingerprint density at radius 2 is 2.11 bits per heavy atom. The number of amides is 1. The van der Waals surface area contributed by atoms with Gasteiger partial charge in [-0.25, -0.2) is 0 Å². The zero-order chi connectivity index (χ0) is 13.2. The number of benzene rings is 1. The quantitative estimate of drug-likeness (QED) is 0.852. The largest absolute Gasteiger partial charge is 0.323 e. The molecule has 0 unspecified atom stereocenters. The Morgan fingerprint density at radius 1 is 1.32 bits per heavy atom. The van der Waals surface area contributed by atoms with Crippen LogP contribution in [0.1, 0.15) is 12.2 Å². The molecule has 1 aliphatic rings.